The van der Waals surface area contributed by atoms with E-state index in [0.717, 1.165) is 0 Å². The Morgan fingerprint density at radius 3 is 2.05 bits per heavy atom. The Bertz CT molecular complexity index is 659. The van der Waals surface area contributed by atoms with Crippen LogP contribution in [0, 0.1) is 0 Å². The molecule has 0 fully saturated rings. The van der Waals surface area contributed by atoms with E-state index in [9.17, 15) is 18.0 Å². The molecule has 0 aliphatic heterocycles. The van der Waals surface area contributed by atoms with Crippen molar-refractivity contribution in [2.75, 3.05) is 0 Å². The summed E-state index contributed by atoms with van der Waals surface area (Å²) in [5.41, 5.74) is -0.436. The van der Waals surface area contributed by atoms with Crippen LogP contribution in [0.4, 0.5) is 0 Å². The standard InChI is InChI=1S/C14H20N2O5S/c1-9(13(18)19)15-12(17)10-5-7-11(8-6-10)22(20,21)16-14(2,3)4/h5-9,16H,1-4H3,(H,15,17)(H,18,19)/t9-/m0/s1. The Morgan fingerprint density at radius 1 is 1.14 bits per heavy atom. The van der Waals surface area contributed by atoms with Crippen LogP contribution in [0.5, 0.6) is 0 Å². The molecule has 1 amide bonds. The fourth-order valence-electron chi connectivity index (χ4n) is 1.59. The number of hydrogen-bond donors (Lipinski definition) is 3. The van der Waals surface area contributed by atoms with Gasteiger partial charge in [-0.15, -0.1) is 0 Å². The van der Waals surface area contributed by atoms with Crippen LogP contribution in [0.15, 0.2) is 29.2 Å². The molecule has 8 heteroatoms. The lowest BCUT2D eigenvalue weighted by Gasteiger charge is -2.20. The number of benzene rings is 1. The highest BCUT2D eigenvalue weighted by Crippen LogP contribution is 2.14. The molecule has 3 N–H and O–H groups in total. The molecule has 0 aliphatic rings. The van der Waals surface area contributed by atoms with Crippen LogP contribution in [0.25, 0.3) is 0 Å². The van der Waals surface area contributed by atoms with Gasteiger partial charge in [-0.25, -0.2) is 13.1 Å². The van der Waals surface area contributed by atoms with Crippen LogP contribution < -0.4 is 10.0 Å². The maximum absolute atomic E-state index is 12.1. The highest BCUT2D eigenvalue weighted by Gasteiger charge is 2.22. The van der Waals surface area contributed by atoms with Gasteiger partial charge < -0.3 is 10.4 Å². The SMILES string of the molecule is C[C@H](NC(=O)c1ccc(S(=O)(=O)NC(C)(C)C)cc1)C(=O)O. The van der Waals surface area contributed by atoms with Crippen molar-refractivity contribution in [3.05, 3.63) is 29.8 Å². The molecule has 0 radical (unpaired) electrons. The Balaban J connectivity index is 2.91. The molecule has 0 saturated carbocycles. The number of carboxylic acids is 1. The monoisotopic (exact) mass is 328 g/mol. The smallest absolute Gasteiger partial charge is 0.325 e. The van der Waals surface area contributed by atoms with Gasteiger partial charge in [0.05, 0.1) is 4.90 Å². The molecule has 1 rings (SSSR count). The first kappa shape index (κ1) is 18.1. The molecule has 22 heavy (non-hydrogen) atoms. The number of carboxylic acid groups (broad SMARTS) is 1. The third kappa shape index (κ3) is 5.12. The minimum Gasteiger partial charge on any atom is -0.480 e. The van der Waals surface area contributed by atoms with E-state index in [-0.39, 0.29) is 10.5 Å². The van der Waals surface area contributed by atoms with E-state index in [1.807, 2.05) is 0 Å². The normalized spacial score (nSPS) is 13.5. The summed E-state index contributed by atoms with van der Waals surface area (Å²) >= 11 is 0. The first-order chi connectivity index (χ1) is 9.92. The summed E-state index contributed by atoms with van der Waals surface area (Å²) in [4.78, 5) is 22.5. The first-order valence-electron chi connectivity index (χ1n) is 6.60. The summed E-state index contributed by atoms with van der Waals surface area (Å²) < 4.78 is 26.7. The van der Waals surface area contributed by atoms with Gasteiger partial charge in [0.2, 0.25) is 10.0 Å². The average molecular weight is 328 g/mol. The van der Waals surface area contributed by atoms with Crippen molar-refractivity contribution in [2.45, 2.75) is 44.2 Å². The maximum Gasteiger partial charge on any atom is 0.325 e. The molecule has 0 heterocycles. The van der Waals surface area contributed by atoms with E-state index in [1.54, 1.807) is 20.8 Å². The van der Waals surface area contributed by atoms with Gasteiger partial charge in [0.15, 0.2) is 0 Å². The lowest BCUT2D eigenvalue weighted by Crippen LogP contribution is -2.40. The molecular weight excluding hydrogens is 308 g/mol. The molecule has 0 aliphatic carbocycles. The van der Waals surface area contributed by atoms with Gasteiger partial charge >= 0.3 is 5.97 Å². The van der Waals surface area contributed by atoms with Crippen molar-refractivity contribution in [1.29, 1.82) is 0 Å². The van der Waals surface area contributed by atoms with E-state index < -0.39 is 33.5 Å². The van der Waals surface area contributed by atoms with Crippen molar-refractivity contribution >= 4 is 21.9 Å². The summed E-state index contributed by atoms with van der Waals surface area (Å²) in [5, 5.41) is 11.0. The molecule has 1 aromatic rings. The number of rotatable bonds is 5. The van der Waals surface area contributed by atoms with E-state index in [1.165, 1.54) is 31.2 Å². The zero-order chi connectivity index (χ0) is 17.1. The Kier molecular flexibility index (Phi) is 5.31. The number of aliphatic carboxylic acids is 1. The summed E-state index contributed by atoms with van der Waals surface area (Å²) in [5.74, 6) is -1.73. The number of sulfonamides is 1. The fraction of sp³-hybridized carbons (Fsp3) is 0.429. The zero-order valence-electron chi connectivity index (χ0n) is 12.9. The number of amides is 1. The summed E-state index contributed by atoms with van der Waals surface area (Å²) in [6, 6.07) is 4.24. The molecule has 0 saturated heterocycles. The third-order valence-corrected chi connectivity index (χ3v) is 4.36. The Labute approximate surface area is 129 Å². The highest BCUT2D eigenvalue weighted by molar-refractivity contribution is 7.89. The van der Waals surface area contributed by atoms with Gasteiger partial charge in [-0.1, -0.05) is 0 Å². The molecule has 0 unspecified atom stereocenters. The molecule has 0 bridgehead atoms. The first-order valence-corrected chi connectivity index (χ1v) is 8.08. The van der Waals surface area contributed by atoms with E-state index >= 15 is 0 Å². The summed E-state index contributed by atoms with van der Waals surface area (Å²) in [7, 11) is -3.67. The van der Waals surface area contributed by atoms with Crippen molar-refractivity contribution in [1.82, 2.24) is 10.0 Å². The van der Waals surface area contributed by atoms with Gasteiger partial charge in [0, 0.05) is 11.1 Å². The molecule has 0 spiro atoms. The molecule has 1 aromatic carbocycles. The average Bonchev–Trinajstić information content (AvgIpc) is 2.35. The number of nitrogens with one attached hydrogen (secondary N) is 2. The third-order valence-electron chi connectivity index (χ3n) is 2.59. The quantitative estimate of drug-likeness (QED) is 0.745. The highest BCUT2D eigenvalue weighted by atomic mass is 32.2. The Morgan fingerprint density at radius 2 is 1.64 bits per heavy atom. The second-order valence-electron chi connectivity index (χ2n) is 5.91. The topological polar surface area (TPSA) is 113 Å². The summed E-state index contributed by atoms with van der Waals surface area (Å²) in [6.07, 6.45) is 0. The van der Waals surface area contributed by atoms with Crippen molar-refractivity contribution in [3.63, 3.8) is 0 Å². The van der Waals surface area contributed by atoms with Gasteiger partial charge in [0.25, 0.3) is 5.91 Å². The minimum atomic E-state index is -3.67. The maximum atomic E-state index is 12.1. The fourth-order valence-corrected chi connectivity index (χ4v) is 3.01. The van der Waals surface area contributed by atoms with E-state index in [0.29, 0.717) is 0 Å². The number of hydrogen-bond acceptors (Lipinski definition) is 4. The van der Waals surface area contributed by atoms with Crippen LogP contribution in [0.3, 0.4) is 0 Å². The minimum absolute atomic E-state index is 0.0326. The molecule has 7 nitrogen and oxygen atoms in total. The van der Waals surface area contributed by atoms with Crippen molar-refractivity contribution in [2.24, 2.45) is 0 Å². The number of carbonyl (C=O) groups excluding carboxylic acids is 1. The lowest BCUT2D eigenvalue weighted by molar-refractivity contribution is -0.138. The van der Waals surface area contributed by atoms with Gasteiger partial charge in [0.1, 0.15) is 6.04 Å². The van der Waals surface area contributed by atoms with Crippen LogP contribution >= 0.6 is 0 Å². The lowest BCUT2D eigenvalue weighted by atomic mass is 10.1. The molecule has 122 valence electrons. The second-order valence-corrected chi connectivity index (χ2v) is 7.60. The number of carbonyl (C=O) groups is 2. The van der Waals surface area contributed by atoms with Crippen LogP contribution in [0.1, 0.15) is 38.1 Å². The van der Waals surface area contributed by atoms with Crippen LogP contribution in [-0.4, -0.2) is 37.0 Å². The van der Waals surface area contributed by atoms with E-state index in [4.69, 9.17) is 5.11 Å². The Hall–Kier alpha value is -1.93. The van der Waals surface area contributed by atoms with Crippen molar-refractivity contribution < 1.29 is 23.1 Å². The predicted octanol–water partition coefficient (Wildman–Crippen LogP) is 0.966. The van der Waals surface area contributed by atoms with Gasteiger partial charge in [-0.2, -0.15) is 0 Å². The molecule has 1 atom stereocenters. The predicted molar refractivity (Wildman–Crippen MR) is 81.1 cm³/mol. The second kappa shape index (κ2) is 6.45. The van der Waals surface area contributed by atoms with Gasteiger partial charge in [-0.3, -0.25) is 9.59 Å². The van der Waals surface area contributed by atoms with Gasteiger partial charge in [-0.05, 0) is 52.0 Å². The van der Waals surface area contributed by atoms with Crippen molar-refractivity contribution in [3.8, 4) is 0 Å². The van der Waals surface area contributed by atoms with Crippen LogP contribution in [0.2, 0.25) is 0 Å². The molecular formula is C14H20N2O5S. The van der Waals surface area contributed by atoms with E-state index in [2.05, 4.69) is 10.0 Å². The largest absolute Gasteiger partial charge is 0.480 e. The molecule has 0 aromatic heterocycles. The summed E-state index contributed by atoms with van der Waals surface area (Å²) in [6.45, 7) is 6.51. The van der Waals surface area contributed by atoms with Crippen LogP contribution in [-0.2, 0) is 14.8 Å². The zero-order valence-corrected chi connectivity index (χ0v) is 13.7.